The maximum Gasteiger partial charge on any atom is 0.294 e. The highest BCUT2D eigenvalue weighted by atomic mass is 32.2. The van der Waals surface area contributed by atoms with Gasteiger partial charge in [-0.05, 0) is 38.3 Å². The van der Waals surface area contributed by atoms with Crippen LogP contribution in [0.4, 0.5) is 0 Å². The third-order valence-electron chi connectivity index (χ3n) is 4.11. The van der Waals surface area contributed by atoms with Crippen LogP contribution in [0.2, 0.25) is 0 Å². The predicted molar refractivity (Wildman–Crippen MR) is 101 cm³/mol. The van der Waals surface area contributed by atoms with Crippen molar-refractivity contribution in [2.45, 2.75) is 69.5 Å². The molecular formula is C19H32O6S. The first-order valence-electron chi connectivity index (χ1n) is 9.31. The second kappa shape index (κ2) is 13.2. The summed E-state index contributed by atoms with van der Waals surface area (Å²) >= 11 is 0. The van der Waals surface area contributed by atoms with Gasteiger partial charge in [-0.15, -0.1) is 0 Å². The Morgan fingerprint density at radius 1 is 0.923 bits per heavy atom. The second-order valence-electron chi connectivity index (χ2n) is 6.45. The molecular weight excluding hydrogens is 356 g/mol. The predicted octanol–water partition coefficient (Wildman–Crippen LogP) is 3.71. The number of aliphatic hydroxyl groups excluding tert-OH is 1. The van der Waals surface area contributed by atoms with Gasteiger partial charge in [0.25, 0.3) is 10.1 Å². The molecule has 0 bridgehead atoms. The van der Waals surface area contributed by atoms with Crippen molar-refractivity contribution < 1.29 is 27.6 Å². The zero-order valence-corrected chi connectivity index (χ0v) is 16.4. The molecule has 0 aliphatic carbocycles. The topological polar surface area (TPSA) is 93.1 Å². The highest BCUT2D eigenvalue weighted by Gasteiger charge is 2.14. The molecule has 150 valence electrons. The van der Waals surface area contributed by atoms with E-state index in [2.05, 4.69) is 0 Å². The van der Waals surface area contributed by atoms with Crippen LogP contribution in [0.3, 0.4) is 0 Å². The van der Waals surface area contributed by atoms with Gasteiger partial charge in [-0.2, -0.15) is 8.42 Å². The van der Waals surface area contributed by atoms with Crippen molar-refractivity contribution in [3.8, 4) is 0 Å². The molecule has 1 aromatic carbocycles. The highest BCUT2D eigenvalue weighted by Crippen LogP contribution is 2.14. The fraction of sp³-hybridized carbons (Fsp3) is 0.684. The number of hydrogen-bond acceptors (Lipinski definition) is 5. The van der Waals surface area contributed by atoms with E-state index in [1.165, 1.54) is 50.7 Å². The van der Waals surface area contributed by atoms with E-state index in [0.717, 1.165) is 31.6 Å². The zero-order chi connectivity index (χ0) is 19.3. The van der Waals surface area contributed by atoms with Crippen molar-refractivity contribution in [1.82, 2.24) is 0 Å². The molecule has 0 spiro atoms. The molecule has 1 fully saturated rings. The summed E-state index contributed by atoms with van der Waals surface area (Å²) in [5.41, 5.74) is 0.956. The lowest BCUT2D eigenvalue weighted by molar-refractivity contribution is -0.0480. The van der Waals surface area contributed by atoms with E-state index in [9.17, 15) is 8.42 Å². The molecule has 0 aromatic heterocycles. The number of ether oxygens (including phenoxy) is 2. The number of unbranched alkanes of at least 4 members (excludes halogenated alkanes) is 6. The minimum absolute atomic E-state index is 0.0666. The van der Waals surface area contributed by atoms with E-state index in [-0.39, 0.29) is 11.2 Å². The molecule has 0 saturated carbocycles. The minimum atomic E-state index is -4.02. The molecule has 2 rings (SSSR count). The quantitative estimate of drug-likeness (QED) is 0.469. The van der Waals surface area contributed by atoms with Gasteiger partial charge in [0.1, 0.15) is 0 Å². The zero-order valence-electron chi connectivity index (χ0n) is 15.6. The van der Waals surface area contributed by atoms with E-state index in [1.807, 2.05) is 6.92 Å². The van der Waals surface area contributed by atoms with Crippen molar-refractivity contribution >= 4 is 10.1 Å². The third-order valence-corrected chi connectivity index (χ3v) is 4.98. The van der Waals surface area contributed by atoms with E-state index in [0.29, 0.717) is 6.61 Å². The molecule has 1 aliphatic rings. The summed E-state index contributed by atoms with van der Waals surface area (Å²) in [6.45, 7) is 3.72. The van der Waals surface area contributed by atoms with Gasteiger partial charge in [0, 0.05) is 6.61 Å². The molecule has 1 saturated heterocycles. The van der Waals surface area contributed by atoms with Crippen LogP contribution in [0.15, 0.2) is 29.2 Å². The van der Waals surface area contributed by atoms with Crippen molar-refractivity contribution in [3.63, 3.8) is 0 Å². The third kappa shape index (κ3) is 10.9. The van der Waals surface area contributed by atoms with Gasteiger partial charge in [-0.25, -0.2) is 0 Å². The van der Waals surface area contributed by atoms with Gasteiger partial charge in [0.15, 0.2) is 6.29 Å². The summed E-state index contributed by atoms with van der Waals surface area (Å²) in [5.74, 6) is 0. The fourth-order valence-corrected chi connectivity index (χ4v) is 3.07. The fourth-order valence-electron chi connectivity index (χ4n) is 2.59. The number of aliphatic hydroxyl groups is 1. The van der Waals surface area contributed by atoms with Gasteiger partial charge < -0.3 is 14.6 Å². The smallest absolute Gasteiger partial charge is 0.294 e. The Labute approximate surface area is 157 Å². The molecule has 1 heterocycles. The van der Waals surface area contributed by atoms with Crippen molar-refractivity contribution in [2.75, 3.05) is 19.8 Å². The molecule has 6 nitrogen and oxygen atoms in total. The Morgan fingerprint density at radius 3 is 1.92 bits per heavy atom. The number of aryl methyl sites for hydroxylation is 1. The highest BCUT2D eigenvalue weighted by molar-refractivity contribution is 7.85. The molecule has 1 aliphatic heterocycles. The van der Waals surface area contributed by atoms with Crippen LogP contribution in [0.25, 0.3) is 0 Å². The molecule has 26 heavy (non-hydrogen) atoms. The molecule has 1 aromatic rings. The molecule has 7 heteroatoms. The maximum atomic E-state index is 10.5. The molecule has 0 unspecified atom stereocenters. The first-order chi connectivity index (χ1) is 12.4. The van der Waals surface area contributed by atoms with Gasteiger partial charge in [-0.3, -0.25) is 4.55 Å². The monoisotopic (exact) mass is 388 g/mol. The van der Waals surface area contributed by atoms with Crippen LogP contribution in [0.5, 0.6) is 0 Å². The number of rotatable bonds is 10. The summed E-state index contributed by atoms with van der Waals surface area (Å²) in [6.07, 6.45) is 9.62. The molecule has 2 N–H and O–H groups in total. The Kier molecular flexibility index (Phi) is 11.7. The van der Waals surface area contributed by atoms with Gasteiger partial charge in [-0.1, -0.05) is 49.8 Å². The van der Waals surface area contributed by atoms with E-state index in [4.69, 9.17) is 19.1 Å². The van der Waals surface area contributed by atoms with E-state index >= 15 is 0 Å². The lowest BCUT2D eigenvalue weighted by Crippen LogP contribution is -2.06. The van der Waals surface area contributed by atoms with Crippen molar-refractivity contribution in [2.24, 2.45) is 0 Å². The van der Waals surface area contributed by atoms with Crippen LogP contribution < -0.4 is 0 Å². The summed E-state index contributed by atoms with van der Waals surface area (Å²) in [6, 6.07) is 5.99. The van der Waals surface area contributed by atoms with Crippen LogP contribution in [-0.4, -0.2) is 44.2 Å². The standard InChI is InChI=1S/C12H24O3.C7H8O3S/c13-9-7-5-3-1-2-4-6-8-12-14-10-11-15-12;1-6-2-4-7(5-3-6)11(8,9)10/h12-13H,1-11H2;2-5H,1H3,(H,8,9,10). The lowest BCUT2D eigenvalue weighted by atomic mass is 10.1. The summed E-state index contributed by atoms with van der Waals surface area (Å²) < 4.78 is 40.3. The average Bonchev–Trinajstić information content (AvgIpc) is 3.11. The lowest BCUT2D eigenvalue weighted by Gasteiger charge is -2.07. The van der Waals surface area contributed by atoms with Crippen molar-refractivity contribution in [3.05, 3.63) is 29.8 Å². The SMILES string of the molecule is Cc1ccc(S(=O)(=O)O)cc1.OCCCCCCCCCC1OCCO1. The Hall–Kier alpha value is -0.990. The van der Waals surface area contributed by atoms with Crippen molar-refractivity contribution in [1.29, 1.82) is 0 Å². The van der Waals surface area contributed by atoms with E-state index in [1.54, 1.807) is 12.1 Å². The second-order valence-corrected chi connectivity index (χ2v) is 7.87. The van der Waals surface area contributed by atoms with E-state index < -0.39 is 10.1 Å². The van der Waals surface area contributed by atoms with Crippen LogP contribution >= 0.6 is 0 Å². The molecule has 0 radical (unpaired) electrons. The first kappa shape index (κ1) is 23.0. The Bertz CT molecular complexity index is 564. The van der Waals surface area contributed by atoms with Crippen LogP contribution in [0, 0.1) is 6.92 Å². The number of benzene rings is 1. The summed E-state index contributed by atoms with van der Waals surface area (Å²) in [7, 11) is -4.02. The van der Waals surface area contributed by atoms with Gasteiger partial charge >= 0.3 is 0 Å². The summed E-state index contributed by atoms with van der Waals surface area (Å²) in [5, 5.41) is 8.60. The Morgan fingerprint density at radius 2 is 1.42 bits per heavy atom. The summed E-state index contributed by atoms with van der Waals surface area (Å²) in [4.78, 5) is -0.0666. The first-order valence-corrected chi connectivity index (χ1v) is 10.8. The van der Waals surface area contributed by atoms with Gasteiger partial charge in [0.2, 0.25) is 0 Å². The van der Waals surface area contributed by atoms with Crippen LogP contribution in [0.1, 0.15) is 56.9 Å². The number of hydrogen-bond donors (Lipinski definition) is 2. The largest absolute Gasteiger partial charge is 0.396 e. The maximum absolute atomic E-state index is 10.5. The average molecular weight is 389 g/mol. The Balaban J connectivity index is 0.000000273. The molecule has 0 atom stereocenters. The molecule has 0 amide bonds. The minimum Gasteiger partial charge on any atom is -0.396 e. The van der Waals surface area contributed by atoms with Gasteiger partial charge in [0.05, 0.1) is 18.1 Å². The van der Waals surface area contributed by atoms with Crippen LogP contribution in [-0.2, 0) is 19.6 Å². The normalized spacial score (nSPS) is 14.9.